The van der Waals surface area contributed by atoms with Gasteiger partial charge in [-0.3, -0.25) is 4.79 Å². The van der Waals surface area contributed by atoms with E-state index in [9.17, 15) is 9.59 Å². The molecule has 0 radical (unpaired) electrons. The third-order valence-corrected chi connectivity index (χ3v) is 2.93. The molecule has 0 aliphatic rings. The number of nitrogens with one attached hydrogen (secondary N) is 1. The van der Waals surface area contributed by atoms with Crippen LogP contribution in [0.3, 0.4) is 0 Å². The van der Waals surface area contributed by atoms with Crippen LogP contribution < -0.4 is 5.32 Å². The molecule has 0 aliphatic heterocycles. The second kappa shape index (κ2) is 5.60. The zero-order valence-electron chi connectivity index (χ0n) is 11.3. The Morgan fingerprint density at radius 2 is 2.25 bits per heavy atom. The van der Waals surface area contributed by atoms with Crippen LogP contribution in [0, 0.1) is 6.92 Å². The van der Waals surface area contributed by atoms with Crippen molar-refractivity contribution in [2.75, 3.05) is 18.9 Å². The van der Waals surface area contributed by atoms with Crippen molar-refractivity contribution in [2.24, 2.45) is 0 Å². The highest BCUT2D eigenvalue weighted by molar-refractivity contribution is 5.89. The number of anilines is 1. The predicted octanol–water partition coefficient (Wildman–Crippen LogP) is 1.58. The monoisotopic (exact) mass is 276 g/mol. The predicted molar refractivity (Wildman–Crippen MR) is 73.8 cm³/mol. The molecular formula is C13H16N4O3. The number of aromatic nitrogens is 2. The van der Waals surface area contributed by atoms with Gasteiger partial charge in [-0.15, -0.1) is 0 Å². The van der Waals surface area contributed by atoms with Crippen molar-refractivity contribution in [3.63, 3.8) is 0 Å². The number of urea groups is 1. The summed E-state index contributed by atoms with van der Waals surface area (Å²) in [7, 11) is 1.56. The summed E-state index contributed by atoms with van der Waals surface area (Å²) in [5.41, 5.74) is 2.42. The van der Waals surface area contributed by atoms with Crippen LogP contribution in [-0.4, -0.2) is 45.0 Å². The molecule has 2 rings (SSSR count). The number of aliphatic carboxylic acids is 1. The Hall–Kier alpha value is -2.57. The molecule has 2 aromatic rings. The van der Waals surface area contributed by atoms with Gasteiger partial charge in [-0.2, -0.15) is 0 Å². The van der Waals surface area contributed by atoms with E-state index >= 15 is 0 Å². The molecule has 2 amide bonds. The minimum absolute atomic E-state index is 0.0799. The first kappa shape index (κ1) is 13.9. The quantitative estimate of drug-likeness (QED) is 0.887. The molecule has 0 aromatic carbocycles. The Morgan fingerprint density at radius 3 is 2.95 bits per heavy atom. The molecule has 2 N–H and O–H groups in total. The molecule has 0 atom stereocenters. The summed E-state index contributed by atoms with van der Waals surface area (Å²) in [4.78, 5) is 27.9. The Kier molecular flexibility index (Phi) is 3.88. The highest BCUT2D eigenvalue weighted by Crippen LogP contribution is 2.15. The number of amides is 2. The second-order valence-electron chi connectivity index (χ2n) is 4.57. The lowest BCUT2D eigenvalue weighted by molar-refractivity contribution is -0.137. The summed E-state index contributed by atoms with van der Waals surface area (Å²) in [6.07, 6.45) is 5.17. The first-order chi connectivity index (χ1) is 9.47. The Morgan fingerprint density at radius 1 is 1.50 bits per heavy atom. The molecule has 20 heavy (non-hydrogen) atoms. The smallest absolute Gasteiger partial charge is 0.321 e. The van der Waals surface area contributed by atoms with Gasteiger partial charge in [0.2, 0.25) is 0 Å². The van der Waals surface area contributed by atoms with Crippen LogP contribution in [0.2, 0.25) is 0 Å². The largest absolute Gasteiger partial charge is 0.481 e. The Bertz CT molecular complexity index is 650. The summed E-state index contributed by atoms with van der Waals surface area (Å²) in [6.45, 7) is 2.07. The lowest BCUT2D eigenvalue weighted by Crippen LogP contribution is -2.33. The van der Waals surface area contributed by atoms with Crippen molar-refractivity contribution in [2.45, 2.75) is 13.3 Å². The highest BCUT2D eigenvalue weighted by Gasteiger charge is 2.11. The molecular weight excluding hydrogens is 260 g/mol. The summed E-state index contributed by atoms with van der Waals surface area (Å²) in [6, 6.07) is 1.48. The molecule has 2 heterocycles. The minimum atomic E-state index is -0.930. The fourth-order valence-corrected chi connectivity index (χ4v) is 1.86. The summed E-state index contributed by atoms with van der Waals surface area (Å²) in [5.74, 6) is -0.930. The van der Waals surface area contributed by atoms with Crippen molar-refractivity contribution in [1.82, 2.24) is 14.3 Å². The summed E-state index contributed by atoms with van der Waals surface area (Å²) >= 11 is 0. The van der Waals surface area contributed by atoms with Crippen LogP contribution in [0.1, 0.15) is 12.0 Å². The van der Waals surface area contributed by atoms with Gasteiger partial charge in [-0.1, -0.05) is 0 Å². The van der Waals surface area contributed by atoms with Crippen molar-refractivity contribution >= 4 is 23.3 Å². The number of aryl methyl sites for hydroxylation is 1. The summed E-state index contributed by atoms with van der Waals surface area (Å²) in [5, 5.41) is 11.3. The van der Waals surface area contributed by atoms with Gasteiger partial charge in [0.15, 0.2) is 0 Å². The number of carboxylic acids is 1. The lowest BCUT2D eigenvalue weighted by Gasteiger charge is -2.17. The molecule has 0 aliphatic carbocycles. The van der Waals surface area contributed by atoms with Crippen LogP contribution in [0.5, 0.6) is 0 Å². The maximum atomic E-state index is 11.9. The number of nitrogens with zero attached hydrogens (tertiary/aromatic N) is 3. The van der Waals surface area contributed by atoms with E-state index in [0.717, 1.165) is 11.2 Å². The number of fused-ring (bicyclic) bond motifs is 1. The lowest BCUT2D eigenvalue weighted by atomic mass is 10.3. The molecule has 0 fully saturated rings. The van der Waals surface area contributed by atoms with E-state index in [2.05, 4.69) is 10.3 Å². The number of carbonyl (C=O) groups excluding carboxylic acids is 1. The van der Waals surface area contributed by atoms with Gasteiger partial charge < -0.3 is 19.7 Å². The maximum Gasteiger partial charge on any atom is 0.321 e. The fraction of sp³-hybridized carbons (Fsp3) is 0.308. The van der Waals surface area contributed by atoms with Crippen LogP contribution >= 0.6 is 0 Å². The van der Waals surface area contributed by atoms with Crippen LogP contribution in [0.4, 0.5) is 10.5 Å². The number of hydrogen-bond donors (Lipinski definition) is 2. The molecule has 7 heteroatoms. The molecule has 7 nitrogen and oxygen atoms in total. The SMILES string of the molecule is Cc1cc(NC(=O)N(C)CCC(=O)O)cn2ccnc12. The van der Waals surface area contributed by atoms with Gasteiger partial charge in [0, 0.05) is 32.2 Å². The third kappa shape index (κ3) is 3.05. The zero-order chi connectivity index (χ0) is 14.7. The molecule has 0 spiro atoms. The van der Waals surface area contributed by atoms with Crippen LogP contribution in [0.25, 0.3) is 5.65 Å². The number of carbonyl (C=O) groups is 2. The molecule has 0 saturated carbocycles. The fourth-order valence-electron chi connectivity index (χ4n) is 1.86. The third-order valence-electron chi connectivity index (χ3n) is 2.93. The van der Waals surface area contributed by atoms with E-state index in [1.807, 2.05) is 17.4 Å². The molecule has 106 valence electrons. The number of imidazole rings is 1. The van der Waals surface area contributed by atoms with Gasteiger partial charge in [-0.05, 0) is 18.6 Å². The van der Waals surface area contributed by atoms with Crippen molar-refractivity contribution in [1.29, 1.82) is 0 Å². The van der Waals surface area contributed by atoms with Crippen molar-refractivity contribution in [3.8, 4) is 0 Å². The van der Waals surface area contributed by atoms with E-state index in [1.165, 1.54) is 4.90 Å². The molecule has 2 aromatic heterocycles. The van der Waals surface area contributed by atoms with E-state index in [1.54, 1.807) is 25.6 Å². The number of pyridine rings is 1. The summed E-state index contributed by atoms with van der Waals surface area (Å²) < 4.78 is 1.82. The number of rotatable bonds is 4. The number of carboxylic acid groups (broad SMARTS) is 1. The normalized spacial score (nSPS) is 10.5. The molecule has 0 bridgehead atoms. The Labute approximate surface area is 115 Å². The first-order valence-corrected chi connectivity index (χ1v) is 6.14. The van der Waals surface area contributed by atoms with E-state index < -0.39 is 5.97 Å². The van der Waals surface area contributed by atoms with Gasteiger partial charge in [0.1, 0.15) is 5.65 Å². The average Bonchev–Trinajstić information content (AvgIpc) is 2.84. The zero-order valence-corrected chi connectivity index (χ0v) is 11.3. The van der Waals surface area contributed by atoms with E-state index in [0.29, 0.717) is 5.69 Å². The minimum Gasteiger partial charge on any atom is -0.481 e. The van der Waals surface area contributed by atoms with E-state index in [4.69, 9.17) is 5.11 Å². The van der Waals surface area contributed by atoms with Crippen LogP contribution in [-0.2, 0) is 4.79 Å². The van der Waals surface area contributed by atoms with Gasteiger partial charge in [0.25, 0.3) is 0 Å². The Balaban J connectivity index is 2.07. The van der Waals surface area contributed by atoms with Gasteiger partial charge in [-0.25, -0.2) is 9.78 Å². The van der Waals surface area contributed by atoms with Crippen molar-refractivity contribution in [3.05, 3.63) is 30.2 Å². The van der Waals surface area contributed by atoms with E-state index in [-0.39, 0.29) is 19.0 Å². The number of hydrogen-bond acceptors (Lipinski definition) is 3. The standard InChI is InChI=1S/C13H16N4O3/c1-9-7-10(8-17-6-4-14-12(9)17)15-13(20)16(2)5-3-11(18)19/h4,6-8H,3,5H2,1-2H3,(H,15,20)(H,18,19). The maximum absolute atomic E-state index is 11.9. The average molecular weight is 276 g/mol. The molecule has 0 saturated heterocycles. The van der Waals surface area contributed by atoms with Crippen molar-refractivity contribution < 1.29 is 14.7 Å². The molecule has 0 unspecified atom stereocenters. The van der Waals surface area contributed by atoms with Gasteiger partial charge >= 0.3 is 12.0 Å². The second-order valence-corrected chi connectivity index (χ2v) is 4.57. The topological polar surface area (TPSA) is 86.9 Å². The van der Waals surface area contributed by atoms with Crippen LogP contribution in [0.15, 0.2) is 24.7 Å². The first-order valence-electron chi connectivity index (χ1n) is 6.14. The van der Waals surface area contributed by atoms with Gasteiger partial charge in [0.05, 0.1) is 12.1 Å². The highest BCUT2D eigenvalue weighted by atomic mass is 16.4.